The number of nitrogens with one attached hydrogen (secondary N) is 1. The van der Waals surface area contributed by atoms with Gasteiger partial charge in [-0.1, -0.05) is 84.7 Å². The van der Waals surface area contributed by atoms with Crippen LogP contribution in [-0.4, -0.2) is 35.4 Å². The first-order chi connectivity index (χ1) is 16.9. The first-order valence-electron chi connectivity index (χ1n) is 11.6. The third-order valence-corrected chi connectivity index (χ3v) is 6.48. The lowest BCUT2D eigenvalue weighted by Crippen LogP contribution is -2.53. The van der Waals surface area contributed by atoms with E-state index < -0.39 is 6.04 Å². The van der Waals surface area contributed by atoms with E-state index in [-0.39, 0.29) is 31.0 Å². The molecule has 0 aromatic heterocycles. The van der Waals surface area contributed by atoms with Gasteiger partial charge in [0.1, 0.15) is 11.8 Å². The first-order valence-corrected chi connectivity index (χ1v) is 12.4. The average molecular weight is 513 g/mol. The molecule has 3 aromatic carbocycles. The monoisotopic (exact) mass is 512 g/mol. The summed E-state index contributed by atoms with van der Waals surface area (Å²) in [7, 11) is 0. The van der Waals surface area contributed by atoms with Gasteiger partial charge in [-0.25, -0.2) is 0 Å². The molecular formula is C28H30Cl2N2O3. The second kappa shape index (κ2) is 13.2. The molecule has 184 valence electrons. The molecule has 35 heavy (non-hydrogen) atoms. The second-order valence-corrected chi connectivity index (χ2v) is 9.16. The quantitative estimate of drug-likeness (QED) is 0.346. The molecule has 3 aromatic rings. The summed E-state index contributed by atoms with van der Waals surface area (Å²) >= 11 is 12.9. The van der Waals surface area contributed by atoms with Crippen molar-refractivity contribution < 1.29 is 14.3 Å². The van der Waals surface area contributed by atoms with Gasteiger partial charge >= 0.3 is 0 Å². The van der Waals surface area contributed by atoms with Gasteiger partial charge in [0.25, 0.3) is 5.91 Å². The minimum Gasteiger partial charge on any atom is -0.484 e. The number of nitrogens with zero attached hydrogens (tertiary/aromatic N) is 1. The molecule has 0 saturated carbocycles. The summed E-state index contributed by atoms with van der Waals surface area (Å²) in [6.07, 6.45) is 1.10. The lowest BCUT2D eigenvalue weighted by molar-refractivity contribution is -0.143. The SMILES string of the molecule is CC[C@H](C)NC(=O)[C@H](Cc1ccccc1)N(Cc1c(Cl)cccc1Cl)C(=O)COc1ccccc1. The van der Waals surface area contributed by atoms with Crippen LogP contribution in [0.5, 0.6) is 5.75 Å². The molecule has 0 heterocycles. The largest absolute Gasteiger partial charge is 0.484 e. The summed E-state index contributed by atoms with van der Waals surface area (Å²) in [6, 6.07) is 23.1. The van der Waals surface area contributed by atoms with E-state index in [2.05, 4.69) is 5.32 Å². The summed E-state index contributed by atoms with van der Waals surface area (Å²) < 4.78 is 5.74. The van der Waals surface area contributed by atoms with Crippen molar-refractivity contribution in [2.45, 2.75) is 45.3 Å². The number of para-hydroxylation sites is 1. The van der Waals surface area contributed by atoms with Crippen molar-refractivity contribution in [2.75, 3.05) is 6.61 Å². The summed E-state index contributed by atoms with van der Waals surface area (Å²) in [5.41, 5.74) is 1.52. The normalized spacial score (nSPS) is 12.5. The third-order valence-electron chi connectivity index (χ3n) is 5.77. The summed E-state index contributed by atoms with van der Waals surface area (Å²) in [4.78, 5) is 28.6. The smallest absolute Gasteiger partial charge is 0.261 e. The molecule has 3 rings (SSSR count). The van der Waals surface area contributed by atoms with Crippen molar-refractivity contribution in [3.05, 3.63) is 100 Å². The van der Waals surface area contributed by atoms with Crippen LogP contribution in [-0.2, 0) is 22.6 Å². The van der Waals surface area contributed by atoms with Crippen LogP contribution in [0.15, 0.2) is 78.9 Å². The van der Waals surface area contributed by atoms with E-state index in [0.717, 1.165) is 12.0 Å². The molecule has 0 aliphatic heterocycles. The van der Waals surface area contributed by atoms with Gasteiger partial charge in [0.2, 0.25) is 5.91 Å². The van der Waals surface area contributed by atoms with Crippen LogP contribution in [0, 0.1) is 0 Å². The van der Waals surface area contributed by atoms with Crippen LogP contribution in [0.2, 0.25) is 10.0 Å². The number of benzene rings is 3. The van der Waals surface area contributed by atoms with Crippen molar-refractivity contribution in [1.82, 2.24) is 10.2 Å². The molecule has 0 saturated heterocycles. The van der Waals surface area contributed by atoms with Gasteiger partial charge in [-0.05, 0) is 43.2 Å². The number of carbonyl (C=O) groups is 2. The van der Waals surface area contributed by atoms with Crippen LogP contribution >= 0.6 is 23.2 Å². The fourth-order valence-corrected chi connectivity index (χ4v) is 4.11. The van der Waals surface area contributed by atoms with E-state index in [9.17, 15) is 9.59 Å². The predicted octanol–water partition coefficient (Wildman–Crippen LogP) is 5.93. The highest BCUT2D eigenvalue weighted by molar-refractivity contribution is 6.36. The Balaban J connectivity index is 1.96. The van der Waals surface area contributed by atoms with Gasteiger partial charge in [0.15, 0.2) is 6.61 Å². The first kappa shape index (κ1) is 26.6. The van der Waals surface area contributed by atoms with E-state index >= 15 is 0 Å². The highest BCUT2D eigenvalue weighted by atomic mass is 35.5. The molecule has 0 fully saturated rings. The molecule has 5 nitrogen and oxygen atoms in total. The van der Waals surface area contributed by atoms with Gasteiger partial charge in [-0.15, -0.1) is 0 Å². The standard InChI is InChI=1S/C28H30Cl2N2O3/c1-3-20(2)31-28(34)26(17-21-11-6-4-7-12-21)32(18-23-24(29)15-10-16-25(23)30)27(33)19-35-22-13-8-5-9-14-22/h4-16,20,26H,3,17-19H2,1-2H3,(H,31,34)/t20-,26-/m0/s1. The van der Waals surface area contributed by atoms with E-state index in [0.29, 0.717) is 27.8 Å². The number of carbonyl (C=O) groups excluding carboxylic acids is 2. The Kier molecular flexibility index (Phi) is 10.0. The van der Waals surface area contributed by atoms with Crippen molar-refractivity contribution in [1.29, 1.82) is 0 Å². The fraction of sp³-hybridized carbons (Fsp3) is 0.286. The Morgan fingerprint density at radius 2 is 1.51 bits per heavy atom. The maximum atomic E-state index is 13.6. The summed E-state index contributed by atoms with van der Waals surface area (Å²) in [6.45, 7) is 3.78. The molecule has 7 heteroatoms. The van der Waals surface area contributed by atoms with Gasteiger partial charge in [-0.3, -0.25) is 9.59 Å². The topological polar surface area (TPSA) is 58.6 Å². The molecule has 1 N–H and O–H groups in total. The van der Waals surface area contributed by atoms with Crippen molar-refractivity contribution in [3.8, 4) is 5.75 Å². The Labute approximate surface area is 217 Å². The van der Waals surface area contributed by atoms with Crippen molar-refractivity contribution >= 4 is 35.0 Å². The maximum Gasteiger partial charge on any atom is 0.261 e. The molecule has 0 unspecified atom stereocenters. The molecular weight excluding hydrogens is 483 g/mol. The predicted molar refractivity (Wildman–Crippen MR) is 141 cm³/mol. The van der Waals surface area contributed by atoms with Crippen LogP contribution in [0.3, 0.4) is 0 Å². The molecule has 0 spiro atoms. The van der Waals surface area contributed by atoms with Gasteiger partial charge in [0, 0.05) is 34.6 Å². The number of hydrogen-bond donors (Lipinski definition) is 1. The number of halogens is 2. The third kappa shape index (κ3) is 7.74. The van der Waals surface area contributed by atoms with Crippen LogP contribution in [0.1, 0.15) is 31.4 Å². The minimum atomic E-state index is -0.786. The Bertz CT molecular complexity index is 1090. The van der Waals surface area contributed by atoms with E-state index in [1.165, 1.54) is 4.90 Å². The lowest BCUT2D eigenvalue weighted by atomic mass is 10.0. The highest BCUT2D eigenvalue weighted by Crippen LogP contribution is 2.27. The minimum absolute atomic E-state index is 0.0396. The molecule has 0 aliphatic carbocycles. The molecule has 0 bridgehead atoms. The summed E-state index contributed by atoms with van der Waals surface area (Å²) in [5, 5.41) is 3.90. The number of amides is 2. The second-order valence-electron chi connectivity index (χ2n) is 8.35. The van der Waals surface area contributed by atoms with Crippen molar-refractivity contribution in [3.63, 3.8) is 0 Å². The zero-order chi connectivity index (χ0) is 25.2. The highest BCUT2D eigenvalue weighted by Gasteiger charge is 2.32. The number of rotatable bonds is 11. The van der Waals surface area contributed by atoms with Gasteiger partial charge in [0.05, 0.1) is 0 Å². The number of hydrogen-bond acceptors (Lipinski definition) is 3. The Morgan fingerprint density at radius 3 is 2.11 bits per heavy atom. The van der Waals surface area contributed by atoms with Gasteiger partial charge in [-0.2, -0.15) is 0 Å². The zero-order valence-electron chi connectivity index (χ0n) is 19.9. The van der Waals surface area contributed by atoms with Crippen LogP contribution in [0.4, 0.5) is 0 Å². The fourth-order valence-electron chi connectivity index (χ4n) is 3.59. The summed E-state index contributed by atoms with van der Waals surface area (Å²) in [5.74, 6) is -0.00949. The Morgan fingerprint density at radius 1 is 0.914 bits per heavy atom. The average Bonchev–Trinajstić information content (AvgIpc) is 2.87. The number of ether oxygens (including phenoxy) is 1. The van der Waals surface area contributed by atoms with Crippen LogP contribution < -0.4 is 10.1 Å². The maximum absolute atomic E-state index is 13.6. The lowest BCUT2D eigenvalue weighted by Gasteiger charge is -2.32. The van der Waals surface area contributed by atoms with Gasteiger partial charge < -0.3 is 15.0 Å². The molecule has 2 atom stereocenters. The van der Waals surface area contributed by atoms with Crippen LogP contribution in [0.25, 0.3) is 0 Å². The Hall–Kier alpha value is -3.02. The zero-order valence-corrected chi connectivity index (χ0v) is 21.4. The molecule has 0 aliphatic rings. The van der Waals surface area contributed by atoms with E-state index in [4.69, 9.17) is 27.9 Å². The molecule has 0 radical (unpaired) electrons. The van der Waals surface area contributed by atoms with E-state index in [1.807, 2.05) is 62.4 Å². The van der Waals surface area contributed by atoms with E-state index in [1.54, 1.807) is 30.3 Å². The van der Waals surface area contributed by atoms with Crippen molar-refractivity contribution in [2.24, 2.45) is 0 Å². The molecule has 2 amide bonds.